The van der Waals surface area contributed by atoms with Crippen molar-refractivity contribution < 1.29 is 14.3 Å². The van der Waals surface area contributed by atoms with Crippen molar-refractivity contribution in [2.24, 2.45) is 4.99 Å². The van der Waals surface area contributed by atoms with E-state index in [1.165, 1.54) is 0 Å². The third-order valence-electron chi connectivity index (χ3n) is 5.90. The Bertz CT molecular complexity index is 1110. The fraction of sp³-hybridized carbons (Fsp3) is 0.292. The lowest BCUT2D eigenvalue weighted by Gasteiger charge is -2.27. The molecular weight excluding hydrogens is 392 g/mol. The summed E-state index contributed by atoms with van der Waals surface area (Å²) in [5.74, 6) is 1.75. The van der Waals surface area contributed by atoms with Crippen LogP contribution in [0.1, 0.15) is 27.4 Å². The number of para-hydroxylation sites is 1. The van der Waals surface area contributed by atoms with Gasteiger partial charge in [-0.25, -0.2) is 4.99 Å². The Kier molecular flexibility index (Phi) is 5.26. The number of carbonyl (C=O) groups excluding carboxylic acids is 1. The van der Waals surface area contributed by atoms with Gasteiger partial charge in [-0.1, -0.05) is 24.3 Å². The second-order valence-electron chi connectivity index (χ2n) is 7.72. The van der Waals surface area contributed by atoms with Crippen LogP contribution in [0, 0.1) is 0 Å². The van der Waals surface area contributed by atoms with E-state index in [-0.39, 0.29) is 11.8 Å². The van der Waals surface area contributed by atoms with Crippen LogP contribution in [0.15, 0.2) is 53.5 Å². The lowest BCUT2D eigenvalue weighted by Crippen LogP contribution is -2.40. The van der Waals surface area contributed by atoms with Crippen LogP contribution in [0.25, 0.3) is 11.3 Å². The molecule has 0 saturated carbocycles. The zero-order valence-corrected chi connectivity index (χ0v) is 17.4. The third kappa shape index (κ3) is 3.72. The zero-order valence-electron chi connectivity index (χ0n) is 17.4. The van der Waals surface area contributed by atoms with Gasteiger partial charge < -0.3 is 14.4 Å². The quantitative estimate of drug-likeness (QED) is 0.705. The van der Waals surface area contributed by atoms with Crippen molar-refractivity contribution in [2.45, 2.75) is 12.3 Å². The summed E-state index contributed by atoms with van der Waals surface area (Å²) in [7, 11) is 1.67. The largest absolute Gasteiger partial charge is 0.496 e. The summed E-state index contributed by atoms with van der Waals surface area (Å²) in [5.41, 5.74) is 4.72. The number of benzene rings is 2. The Morgan fingerprint density at radius 2 is 1.90 bits per heavy atom. The van der Waals surface area contributed by atoms with E-state index in [1.54, 1.807) is 7.11 Å². The molecular formula is C24H24N4O3. The van der Waals surface area contributed by atoms with Crippen molar-refractivity contribution in [3.63, 3.8) is 0 Å². The molecule has 7 heteroatoms. The fourth-order valence-corrected chi connectivity index (χ4v) is 4.18. The van der Waals surface area contributed by atoms with Gasteiger partial charge in [0, 0.05) is 41.9 Å². The Balaban J connectivity index is 1.37. The first kappa shape index (κ1) is 19.5. The normalized spacial score (nSPS) is 18.0. The topological polar surface area (TPSA) is 79.8 Å². The molecule has 7 nitrogen and oxygen atoms in total. The molecule has 2 aliphatic heterocycles. The van der Waals surface area contributed by atoms with E-state index >= 15 is 0 Å². The highest BCUT2D eigenvalue weighted by atomic mass is 16.5. The maximum atomic E-state index is 12.7. The van der Waals surface area contributed by atoms with E-state index < -0.39 is 0 Å². The Labute approximate surface area is 180 Å². The summed E-state index contributed by atoms with van der Waals surface area (Å²) in [4.78, 5) is 19.2. The number of nitrogens with zero attached hydrogens (tertiary/aromatic N) is 3. The van der Waals surface area contributed by atoms with Crippen molar-refractivity contribution >= 4 is 17.9 Å². The summed E-state index contributed by atoms with van der Waals surface area (Å²) in [6.45, 7) is 2.49. The van der Waals surface area contributed by atoms with Crippen molar-refractivity contribution in [3.8, 4) is 17.0 Å². The van der Waals surface area contributed by atoms with Crippen LogP contribution in [0.2, 0.25) is 0 Å². The number of rotatable bonds is 4. The molecule has 0 spiro atoms. The summed E-state index contributed by atoms with van der Waals surface area (Å²) < 4.78 is 10.9. The van der Waals surface area contributed by atoms with Crippen LogP contribution in [0.3, 0.4) is 0 Å². The number of amides is 1. The van der Waals surface area contributed by atoms with Gasteiger partial charge in [0.25, 0.3) is 5.91 Å². The number of aromatic nitrogens is 2. The summed E-state index contributed by atoms with van der Waals surface area (Å²) in [5, 5.41) is 7.56. The second kappa shape index (κ2) is 8.35. The molecule has 0 radical (unpaired) electrons. The SMILES string of the molecule is COc1ccccc1-c1n[nH]c2c1CC(c1ccc(C(=O)N3CCOCC3)cc1)C=N2. The molecule has 2 aromatic carbocycles. The molecule has 3 aromatic rings. The van der Waals surface area contributed by atoms with E-state index in [0.717, 1.165) is 40.4 Å². The van der Waals surface area contributed by atoms with E-state index in [0.29, 0.717) is 31.9 Å². The number of carbonyl (C=O) groups is 1. The molecule has 0 aliphatic carbocycles. The number of aromatic amines is 1. The molecule has 1 aromatic heterocycles. The lowest BCUT2D eigenvalue weighted by molar-refractivity contribution is 0.0303. The maximum absolute atomic E-state index is 12.7. The first-order valence-electron chi connectivity index (χ1n) is 10.5. The predicted octanol–water partition coefficient (Wildman–Crippen LogP) is 3.60. The van der Waals surface area contributed by atoms with Crippen LogP contribution in [0.5, 0.6) is 5.75 Å². The van der Waals surface area contributed by atoms with E-state index in [4.69, 9.17) is 9.47 Å². The highest BCUT2D eigenvalue weighted by molar-refractivity contribution is 5.94. The zero-order chi connectivity index (χ0) is 21.2. The number of ether oxygens (including phenoxy) is 2. The molecule has 2 aliphatic rings. The molecule has 1 fully saturated rings. The van der Waals surface area contributed by atoms with Crippen LogP contribution in [-0.4, -0.2) is 60.6 Å². The van der Waals surface area contributed by atoms with Gasteiger partial charge in [-0.05, 0) is 36.2 Å². The van der Waals surface area contributed by atoms with E-state index in [9.17, 15) is 4.79 Å². The van der Waals surface area contributed by atoms with Gasteiger partial charge in [0.05, 0.1) is 20.3 Å². The van der Waals surface area contributed by atoms with Crippen molar-refractivity contribution in [2.75, 3.05) is 33.4 Å². The number of hydrogen-bond donors (Lipinski definition) is 1. The minimum Gasteiger partial charge on any atom is -0.496 e. The molecule has 1 atom stereocenters. The van der Waals surface area contributed by atoms with Gasteiger partial charge in [0.1, 0.15) is 11.4 Å². The smallest absolute Gasteiger partial charge is 0.254 e. The maximum Gasteiger partial charge on any atom is 0.254 e. The molecule has 1 amide bonds. The average Bonchev–Trinajstić information content (AvgIpc) is 3.27. The highest BCUT2D eigenvalue weighted by Gasteiger charge is 2.25. The number of nitrogens with one attached hydrogen (secondary N) is 1. The van der Waals surface area contributed by atoms with Gasteiger partial charge in [-0.15, -0.1) is 0 Å². The van der Waals surface area contributed by atoms with Crippen molar-refractivity contribution in [3.05, 3.63) is 65.2 Å². The molecule has 1 unspecified atom stereocenters. The Hall–Kier alpha value is -3.45. The minimum atomic E-state index is 0.0581. The van der Waals surface area contributed by atoms with Gasteiger partial charge >= 0.3 is 0 Å². The lowest BCUT2D eigenvalue weighted by atomic mass is 9.89. The highest BCUT2D eigenvalue weighted by Crippen LogP contribution is 2.39. The molecule has 0 bridgehead atoms. The third-order valence-corrected chi connectivity index (χ3v) is 5.90. The summed E-state index contributed by atoms with van der Waals surface area (Å²) in [6.07, 6.45) is 2.73. The van der Waals surface area contributed by atoms with Crippen molar-refractivity contribution in [1.82, 2.24) is 15.1 Å². The number of fused-ring (bicyclic) bond motifs is 1. The van der Waals surface area contributed by atoms with Crippen LogP contribution in [-0.2, 0) is 11.2 Å². The number of morpholine rings is 1. The van der Waals surface area contributed by atoms with E-state index in [2.05, 4.69) is 15.2 Å². The van der Waals surface area contributed by atoms with Crippen LogP contribution >= 0.6 is 0 Å². The first-order valence-corrected chi connectivity index (χ1v) is 10.5. The van der Waals surface area contributed by atoms with Gasteiger partial charge in [0.2, 0.25) is 0 Å². The molecule has 3 heterocycles. The average molecular weight is 416 g/mol. The summed E-state index contributed by atoms with van der Waals surface area (Å²) in [6, 6.07) is 15.7. The second-order valence-corrected chi connectivity index (χ2v) is 7.72. The molecule has 5 rings (SSSR count). The number of aliphatic imine (C=N–C) groups is 1. The standard InChI is InChI=1S/C24H24N4O3/c1-30-21-5-3-2-4-19(21)22-20-14-18(15-25-23(20)27-26-22)16-6-8-17(9-7-16)24(29)28-10-12-31-13-11-28/h2-9,15,18H,10-14H2,1H3,(H,26,27). The molecule has 31 heavy (non-hydrogen) atoms. The minimum absolute atomic E-state index is 0.0581. The van der Waals surface area contributed by atoms with Gasteiger partial charge in [0.15, 0.2) is 5.82 Å². The Morgan fingerprint density at radius 3 is 2.68 bits per heavy atom. The molecule has 158 valence electrons. The fourth-order valence-electron chi connectivity index (χ4n) is 4.18. The van der Waals surface area contributed by atoms with Crippen LogP contribution < -0.4 is 4.74 Å². The predicted molar refractivity (Wildman–Crippen MR) is 118 cm³/mol. The Morgan fingerprint density at radius 1 is 1.13 bits per heavy atom. The molecule has 1 saturated heterocycles. The number of methoxy groups -OCH3 is 1. The van der Waals surface area contributed by atoms with Crippen molar-refractivity contribution in [1.29, 1.82) is 0 Å². The number of H-pyrrole nitrogens is 1. The van der Waals surface area contributed by atoms with Gasteiger partial charge in [-0.2, -0.15) is 5.10 Å². The van der Waals surface area contributed by atoms with Gasteiger partial charge in [-0.3, -0.25) is 9.89 Å². The van der Waals surface area contributed by atoms with Crippen LogP contribution in [0.4, 0.5) is 5.82 Å². The van der Waals surface area contributed by atoms with E-state index in [1.807, 2.05) is 59.6 Å². The monoisotopic (exact) mass is 416 g/mol. The first-order chi connectivity index (χ1) is 15.2. The summed E-state index contributed by atoms with van der Waals surface area (Å²) >= 11 is 0. The molecule has 1 N–H and O–H groups in total. The number of hydrogen-bond acceptors (Lipinski definition) is 5.